The minimum atomic E-state index is -1.70. The molecule has 0 aromatic heterocycles. The van der Waals surface area contributed by atoms with Crippen molar-refractivity contribution in [2.75, 3.05) is 40.4 Å². The Morgan fingerprint density at radius 1 is 1.05 bits per heavy atom. The number of carbonyl (C=O) groups excluding carboxylic acids is 2. The van der Waals surface area contributed by atoms with Gasteiger partial charge in [-0.3, -0.25) is 9.59 Å². The van der Waals surface area contributed by atoms with E-state index in [1.54, 1.807) is 19.9 Å². The van der Waals surface area contributed by atoms with E-state index in [1.807, 2.05) is 62.3 Å². The molecule has 0 unspecified atom stereocenters. The normalized spacial score (nSPS) is 26.5. The van der Waals surface area contributed by atoms with Gasteiger partial charge < -0.3 is 45.4 Å². The number of nitrogens with one attached hydrogen (secondary N) is 2. The van der Waals surface area contributed by atoms with Crippen molar-refractivity contribution in [2.45, 2.75) is 81.7 Å². The molecule has 2 aromatic carbocycles. The maximum Gasteiger partial charge on any atom is 0.245 e. The van der Waals surface area contributed by atoms with Crippen molar-refractivity contribution >= 4 is 11.8 Å². The topological polar surface area (TPSA) is 161 Å². The summed E-state index contributed by atoms with van der Waals surface area (Å²) in [6.45, 7) is 5.88. The van der Waals surface area contributed by atoms with Gasteiger partial charge in [-0.25, -0.2) is 0 Å². The summed E-state index contributed by atoms with van der Waals surface area (Å²) in [5.74, 6) is -2.08. The minimum Gasteiger partial charge on any atom is -0.393 e. The highest BCUT2D eigenvalue weighted by molar-refractivity contribution is 5.90. The SMILES string of the molecule is Cc1ccc([C@]23OC[C@](CO)(O2)[C@@H](O)[C@H](O)[C@H]3O)cc1Cc1ccc(CCCC(=O)NC(C)(C)C(=O)NCCN(C)C)cc1. The Bertz CT molecular complexity index is 1320. The molecule has 242 valence electrons. The molecule has 11 nitrogen and oxygen atoms in total. The molecule has 0 aliphatic carbocycles. The number of aliphatic hydroxyl groups excluding tert-OH is 4. The Kier molecular flexibility index (Phi) is 10.5. The van der Waals surface area contributed by atoms with Crippen molar-refractivity contribution in [2.24, 2.45) is 0 Å². The molecular formula is C33H47N3O8. The van der Waals surface area contributed by atoms with E-state index in [0.717, 1.165) is 28.8 Å². The summed E-state index contributed by atoms with van der Waals surface area (Å²) in [5, 5.41) is 47.4. The van der Waals surface area contributed by atoms with E-state index in [-0.39, 0.29) is 18.4 Å². The fourth-order valence-electron chi connectivity index (χ4n) is 5.73. The Hall–Kier alpha value is -2.90. The molecule has 2 saturated heterocycles. The monoisotopic (exact) mass is 613 g/mol. The highest BCUT2D eigenvalue weighted by atomic mass is 16.8. The Labute approximate surface area is 259 Å². The van der Waals surface area contributed by atoms with Crippen molar-refractivity contribution in [1.29, 1.82) is 0 Å². The molecule has 6 N–H and O–H groups in total. The van der Waals surface area contributed by atoms with Crippen LogP contribution in [-0.4, -0.2) is 107 Å². The van der Waals surface area contributed by atoms with Crippen LogP contribution in [0.4, 0.5) is 0 Å². The lowest BCUT2D eigenvalue weighted by Crippen LogP contribution is -2.65. The smallest absolute Gasteiger partial charge is 0.245 e. The number of nitrogens with zero attached hydrogens (tertiary/aromatic N) is 1. The second kappa shape index (κ2) is 13.6. The van der Waals surface area contributed by atoms with E-state index in [1.165, 1.54) is 0 Å². The van der Waals surface area contributed by atoms with Crippen LogP contribution in [0.1, 0.15) is 54.5 Å². The molecule has 5 atom stereocenters. The highest BCUT2D eigenvalue weighted by Crippen LogP contribution is 2.49. The number of ether oxygens (including phenoxy) is 2. The van der Waals surface area contributed by atoms with Crippen LogP contribution >= 0.6 is 0 Å². The number of hydrogen-bond acceptors (Lipinski definition) is 9. The molecule has 2 fully saturated rings. The molecule has 2 bridgehead atoms. The van der Waals surface area contributed by atoms with Gasteiger partial charge in [0.2, 0.25) is 17.6 Å². The maximum absolute atomic E-state index is 12.5. The van der Waals surface area contributed by atoms with E-state index >= 15 is 0 Å². The van der Waals surface area contributed by atoms with Crippen molar-refractivity contribution in [3.05, 3.63) is 70.3 Å². The molecular weight excluding hydrogens is 566 g/mol. The first-order valence-electron chi connectivity index (χ1n) is 15.1. The molecule has 2 heterocycles. The van der Waals surface area contributed by atoms with Crippen LogP contribution in [0.25, 0.3) is 0 Å². The summed E-state index contributed by atoms with van der Waals surface area (Å²) in [5.41, 5.74) is 2.13. The van der Waals surface area contributed by atoms with Gasteiger partial charge in [0.05, 0.1) is 13.2 Å². The average Bonchev–Trinajstić information content (AvgIpc) is 3.36. The molecule has 0 saturated carbocycles. The molecule has 0 radical (unpaired) electrons. The van der Waals surface area contributed by atoms with E-state index in [4.69, 9.17) is 9.47 Å². The van der Waals surface area contributed by atoms with Gasteiger partial charge in [-0.05, 0) is 82.4 Å². The largest absolute Gasteiger partial charge is 0.393 e. The van der Waals surface area contributed by atoms with Gasteiger partial charge in [0.15, 0.2) is 0 Å². The van der Waals surface area contributed by atoms with Gasteiger partial charge >= 0.3 is 0 Å². The molecule has 2 aliphatic heterocycles. The summed E-state index contributed by atoms with van der Waals surface area (Å²) in [7, 11) is 3.86. The first-order valence-corrected chi connectivity index (χ1v) is 15.1. The van der Waals surface area contributed by atoms with Gasteiger partial charge in [0.25, 0.3) is 0 Å². The van der Waals surface area contributed by atoms with Crippen molar-refractivity contribution in [3.63, 3.8) is 0 Å². The Morgan fingerprint density at radius 3 is 2.39 bits per heavy atom. The van der Waals surface area contributed by atoms with E-state index < -0.39 is 41.8 Å². The standard InChI is InChI=1S/C33H47N3O8/c1-21-9-14-25(33-29(41)27(39)28(40)32(19-37,44-33)20-43-33)18-24(21)17-23-12-10-22(11-13-23)7-6-8-26(38)35-31(2,3)30(42)34-15-16-36(4)5/h9-14,18,27-29,37,39-41H,6-8,15-17,19-20H2,1-5H3,(H,34,42)(H,35,38)/t27-,28-,29+,32-,33-/m0/s1. The van der Waals surface area contributed by atoms with E-state index in [9.17, 15) is 30.0 Å². The quantitative estimate of drug-likeness (QED) is 0.189. The Morgan fingerprint density at radius 2 is 1.73 bits per heavy atom. The highest BCUT2D eigenvalue weighted by Gasteiger charge is 2.67. The van der Waals surface area contributed by atoms with Gasteiger partial charge in [0, 0.05) is 25.1 Å². The van der Waals surface area contributed by atoms with Crippen LogP contribution in [0.5, 0.6) is 0 Å². The fraction of sp³-hybridized carbons (Fsp3) is 0.576. The van der Waals surface area contributed by atoms with E-state index in [0.29, 0.717) is 37.8 Å². The van der Waals surface area contributed by atoms with Crippen LogP contribution in [0.15, 0.2) is 42.5 Å². The second-order valence-electron chi connectivity index (χ2n) is 12.9. The predicted octanol–water partition coefficient (Wildman–Crippen LogP) is 0.508. The van der Waals surface area contributed by atoms with Gasteiger partial charge in [-0.1, -0.05) is 36.4 Å². The zero-order chi connectivity index (χ0) is 32.3. The fourth-order valence-corrected chi connectivity index (χ4v) is 5.73. The summed E-state index contributed by atoms with van der Waals surface area (Å²) < 4.78 is 11.9. The summed E-state index contributed by atoms with van der Waals surface area (Å²) >= 11 is 0. The number of fused-ring (bicyclic) bond motifs is 2. The van der Waals surface area contributed by atoms with Gasteiger partial charge in [-0.2, -0.15) is 0 Å². The molecule has 11 heteroatoms. The van der Waals surface area contributed by atoms with Crippen LogP contribution in [-0.2, 0) is 37.7 Å². The molecule has 2 amide bonds. The third-order valence-corrected chi connectivity index (χ3v) is 8.63. The third-order valence-electron chi connectivity index (χ3n) is 8.63. The number of aryl methyl sites for hydroxylation is 2. The summed E-state index contributed by atoms with van der Waals surface area (Å²) in [6.07, 6.45) is -2.33. The maximum atomic E-state index is 12.5. The molecule has 0 spiro atoms. The molecule has 44 heavy (non-hydrogen) atoms. The first-order chi connectivity index (χ1) is 20.7. The predicted molar refractivity (Wildman–Crippen MR) is 164 cm³/mol. The minimum absolute atomic E-state index is 0.166. The number of rotatable bonds is 13. The van der Waals surface area contributed by atoms with Gasteiger partial charge in [-0.15, -0.1) is 0 Å². The van der Waals surface area contributed by atoms with Gasteiger partial charge in [0.1, 0.15) is 29.5 Å². The Balaban J connectivity index is 1.33. The lowest BCUT2D eigenvalue weighted by atomic mass is 9.83. The number of likely N-dealkylation sites (N-methyl/N-ethyl adjacent to an activating group) is 1. The van der Waals surface area contributed by atoms with E-state index in [2.05, 4.69) is 10.6 Å². The zero-order valence-corrected chi connectivity index (χ0v) is 26.3. The van der Waals surface area contributed by atoms with Crippen molar-refractivity contribution < 1.29 is 39.5 Å². The number of benzene rings is 2. The van der Waals surface area contributed by atoms with Crippen molar-refractivity contribution in [3.8, 4) is 0 Å². The summed E-state index contributed by atoms with van der Waals surface area (Å²) in [6, 6.07) is 13.7. The number of carbonyl (C=O) groups is 2. The summed E-state index contributed by atoms with van der Waals surface area (Å²) in [4.78, 5) is 27.0. The lowest BCUT2D eigenvalue weighted by Gasteiger charge is -2.46. The number of hydrogen-bond donors (Lipinski definition) is 6. The molecule has 2 aliphatic rings. The zero-order valence-electron chi connectivity index (χ0n) is 26.3. The third kappa shape index (κ3) is 7.15. The van der Waals surface area contributed by atoms with Crippen LogP contribution in [0.2, 0.25) is 0 Å². The molecule has 2 aromatic rings. The number of amides is 2. The van der Waals surface area contributed by atoms with Crippen LogP contribution in [0.3, 0.4) is 0 Å². The van der Waals surface area contributed by atoms with Crippen LogP contribution in [0, 0.1) is 6.92 Å². The second-order valence-corrected chi connectivity index (χ2v) is 12.9. The van der Waals surface area contributed by atoms with Crippen molar-refractivity contribution in [1.82, 2.24) is 15.5 Å². The lowest BCUT2D eigenvalue weighted by molar-refractivity contribution is -0.329. The average molecular weight is 614 g/mol. The first kappa shape index (κ1) is 34.0. The van der Waals surface area contributed by atoms with Crippen LogP contribution < -0.4 is 10.6 Å². The number of aliphatic hydroxyl groups is 4. The molecule has 4 rings (SSSR count).